The molecule has 5 heteroatoms. The van der Waals surface area contributed by atoms with Gasteiger partial charge in [0.2, 0.25) is 0 Å². The van der Waals surface area contributed by atoms with E-state index in [9.17, 15) is 4.79 Å². The van der Waals surface area contributed by atoms with Gasteiger partial charge < -0.3 is 15.3 Å². The average molecular weight is 194 g/mol. The molecule has 0 bridgehead atoms. The molecule has 0 atom stereocenters. The number of oxime groups is 1. The van der Waals surface area contributed by atoms with Gasteiger partial charge in [-0.1, -0.05) is 11.2 Å². The number of nitrogens with one attached hydrogen (secondary N) is 1. The van der Waals surface area contributed by atoms with Crippen molar-refractivity contribution in [2.24, 2.45) is 5.16 Å². The molecule has 74 valence electrons. The van der Waals surface area contributed by atoms with Crippen molar-refractivity contribution >= 4 is 17.8 Å². The molecule has 0 heterocycles. The molecule has 0 unspecified atom stereocenters. The first-order valence-corrected chi connectivity index (χ1v) is 3.88. The molecular weight excluding hydrogens is 184 g/mol. The van der Waals surface area contributed by atoms with Crippen LogP contribution >= 0.6 is 0 Å². The number of hydrogen-bond donors (Lipinski definition) is 2. The lowest BCUT2D eigenvalue weighted by Gasteiger charge is -2.03. The van der Waals surface area contributed by atoms with E-state index in [0.717, 1.165) is 6.21 Å². The third kappa shape index (κ3) is 2.78. The van der Waals surface area contributed by atoms with Gasteiger partial charge in [-0.05, 0) is 12.1 Å². The van der Waals surface area contributed by atoms with E-state index in [1.807, 2.05) is 0 Å². The Hall–Kier alpha value is -2.04. The molecule has 0 aliphatic heterocycles. The molecule has 2 N–H and O–H groups in total. The summed E-state index contributed by atoms with van der Waals surface area (Å²) in [6.45, 7) is 0. The second kappa shape index (κ2) is 4.86. The maximum Gasteiger partial charge on any atom is 0.270 e. The van der Waals surface area contributed by atoms with Crippen LogP contribution in [0.2, 0.25) is 0 Å². The third-order valence-corrected chi connectivity index (χ3v) is 1.51. The Bertz CT molecular complexity index is 350. The second-order valence-corrected chi connectivity index (χ2v) is 2.47. The third-order valence-electron chi connectivity index (χ3n) is 1.51. The number of carbonyl (C=O) groups excluding carboxylic acids is 1. The topological polar surface area (TPSA) is 70.9 Å². The molecule has 1 amide bonds. The molecule has 0 saturated heterocycles. The van der Waals surface area contributed by atoms with Gasteiger partial charge >= 0.3 is 0 Å². The lowest BCUT2D eigenvalue weighted by Crippen LogP contribution is -2.12. The maximum atomic E-state index is 11.0. The number of nitrogens with zero attached hydrogens (tertiary/aromatic N) is 1. The molecule has 0 saturated carbocycles. The highest BCUT2D eigenvalue weighted by atomic mass is 16.5. The molecule has 0 spiro atoms. The van der Waals surface area contributed by atoms with Crippen LogP contribution in [-0.4, -0.2) is 24.4 Å². The van der Waals surface area contributed by atoms with E-state index in [0.29, 0.717) is 11.4 Å². The minimum Gasteiger partial charge on any atom is -0.497 e. The molecular formula is C9H10N2O3. The lowest BCUT2D eigenvalue weighted by atomic mass is 10.3. The molecule has 1 aromatic rings. The van der Waals surface area contributed by atoms with Crippen molar-refractivity contribution in [3.8, 4) is 5.75 Å². The van der Waals surface area contributed by atoms with Crippen LogP contribution in [-0.2, 0) is 4.79 Å². The zero-order chi connectivity index (χ0) is 10.4. The Balaban J connectivity index is 2.71. The number of ether oxygens (including phenoxy) is 1. The number of amides is 1. The van der Waals surface area contributed by atoms with Crippen LogP contribution < -0.4 is 10.1 Å². The fourth-order valence-corrected chi connectivity index (χ4v) is 0.928. The van der Waals surface area contributed by atoms with Crippen LogP contribution in [0.5, 0.6) is 5.75 Å². The van der Waals surface area contributed by atoms with Crippen molar-refractivity contribution in [1.29, 1.82) is 0 Å². The summed E-state index contributed by atoms with van der Waals surface area (Å²) in [5, 5.41) is 13.2. The summed E-state index contributed by atoms with van der Waals surface area (Å²) in [7, 11) is 1.54. The Morgan fingerprint density at radius 2 is 2.43 bits per heavy atom. The van der Waals surface area contributed by atoms with Gasteiger partial charge in [0.1, 0.15) is 12.0 Å². The molecule has 0 aromatic heterocycles. The van der Waals surface area contributed by atoms with Crippen LogP contribution in [0.3, 0.4) is 0 Å². The summed E-state index contributed by atoms with van der Waals surface area (Å²) in [5.41, 5.74) is 0.578. The Morgan fingerprint density at radius 3 is 3.07 bits per heavy atom. The normalized spacial score (nSPS) is 10.1. The highest BCUT2D eigenvalue weighted by molar-refractivity contribution is 6.31. The quantitative estimate of drug-likeness (QED) is 0.430. The van der Waals surface area contributed by atoms with Crippen molar-refractivity contribution in [2.45, 2.75) is 0 Å². The van der Waals surface area contributed by atoms with Crippen LogP contribution in [0.4, 0.5) is 5.69 Å². The van der Waals surface area contributed by atoms with Crippen molar-refractivity contribution in [1.82, 2.24) is 0 Å². The van der Waals surface area contributed by atoms with Gasteiger partial charge in [-0.3, -0.25) is 4.79 Å². The van der Waals surface area contributed by atoms with E-state index in [1.54, 1.807) is 24.3 Å². The molecule has 0 fully saturated rings. The minimum absolute atomic E-state index is 0.499. The molecule has 0 radical (unpaired) electrons. The number of anilines is 1. The van der Waals surface area contributed by atoms with Crippen molar-refractivity contribution in [3.05, 3.63) is 24.3 Å². The van der Waals surface area contributed by atoms with E-state index in [1.165, 1.54) is 7.11 Å². The average Bonchev–Trinajstić information content (AvgIpc) is 2.18. The highest BCUT2D eigenvalue weighted by Crippen LogP contribution is 2.16. The Kier molecular flexibility index (Phi) is 3.49. The molecule has 1 rings (SSSR count). The van der Waals surface area contributed by atoms with E-state index >= 15 is 0 Å². The fourth-order valence-electron chi connectivity index (χ4n) is 0.928. The van der Waals surface area contributed by atoms with Crippen LogP contribution in [0.25, 0.3) is 0 Å². The zero-order valence-corrected chi connectivity index (χ0v) is 7.60. The number of methoxy groups -OCH3 is 1. The van der Waals surface area contributed by atoms with E-state index in [4.69, 9.17) is 9.94 Å². The first-order chi connectivity index (χ1) is 6.76. The predicted octanol–water partition coefficient (Wildman–Crippen LogP) is 1.09. The number of rotatable bonds is 3. The molecule has 1 aromatic carbocycles. The summed E-state index contributed by atoms with van der Waals surface area (Å²) < 4.78 is 4.96. The fraction of sp³-hybridized carbons (Fsp3) is 0.111. The van der Waals surface area contributed by atoms with Gasteiger partial charge in [-0.2, -0.15) is 0 Å². The molecule has 0 aliphatic rings. The van der Waals surface area contributed by atoms with Crippen molar-refractivity contribution in [2.75, 3.05) is 12.4 Å². The molecule has 5 nitrogen and oxygen atoms in total. The zero-order valence-electron chi connectivity index (χ0n) is 7.60. The summed E-state index contributed by atoms with van der Waals surface area (Å²) in [6, 6.07) is 6.86. The second-order valence-electron chi connectivity index (χ2n) is 2.47. The summed E-state index contributed by atoms with van der Waals surface area (Å²) in [6.07, 6.45) is 0.777. The maximum absolute atomic E-state index is 11.0. The first-order valence-electron chi connectivity index (χ1n) is 3.88. The van der Waals surface area contributed by atoms with Gasteiger partial charge in [-0.15, -0.1) is 0 Å². The SMILES string of the molecule is COc1cccc(NC(=O)C=NO)c1. The van der Waals surface area contributed by atoms with E-state index in [2.05, 4.69) is 10.5 Å². The summed E-state index contributed by atoms with van der Waals surface area (Å²) in [5.74, 6) is 0.143. The Labute approximate surface area is 81.0 Å². The van der Waals surface area contributed by atoms with Gasteiger partial charge in [0, 0.05) is 11.8 Å². The molecule has 14 heavy (non-hydrogen) atoms. The number of carbonyl (C=O) groups is 1. The van der Waals surface area contributed by atoms with Crippen molar-refractivity contribution in [3.63, 3.8) is 0 Å². The predicted molar refractivity (Wildman–Crippen MR) is 51.9 cm³/mol. The van der Waals surface area contributed by atoms with E-state index in [-0.39, 0.29) is 0 Å². The number of benzene rings is 1. The standard InChI is InChI=1S/C9H10N2O3/c1-14-8-4-2-3-7(5-8)11-9(12)6-10-13/h2-6,13H,1H3,(H,11,12). The van der Waals surface area contributed by atoms with Gasteiger partial charge in [0.05, 0.1) is 7.11 Å². The van der Waals surface area contributed by atoms with Gasteiger partial charge in [-0.25, -0.2) is 0 Å². The van der Waals surface area contributed by atoms with Gasteiger partial charge in [0.15, 0.2) is 0 Å². The smallest absolute Gasteiger partial charge is 0.270 e. The van der Waals surface area contributed by atoms with Gasteiger partial charge in [0.25, 0.3) is 5.91 Å². The van der Waals surface area contributed by atoms with Crippen LogP contribution in [0, 0.1) is 0 Å². The number of hydrogen-bond acceptors (Lipinski definition) is 4. The Morgan fingerprint density at radius 1 is 1.64 bits per heavy atom. The summed E-state index contributed by atoms with van der Waals surface area (Å²) >= 11 is 0. The van der Waals surface area contributed by atoms with Crippen LogP contribution in [0.1, 0.15) is 0 Å². The van der Waals surface area contributed by atoms with Crippen LogP contribution in [0.15, 0.2) is 29.4 Å². The highest BCUT2D eigenvalue weighted by Gasteiger charge is 1.99. The van der Waals surface area contributed by atoms with E-state index < -0.39 is 5.91 Å². The minimum atomic E-state index is -0.499. The lowest BCUT2D eigenvalue weighted by molar-refractivity contribution is -0.110. The molecule has 0 aliphatic carbocycles. The largest absolute Gasteiger partial charge is 0.497 e. The summed E-state index contributed by atoms with van der Waals surface area (Å²) in [4.78, 5) is 11.0. The monoisotopic (exact) mass is 194 g/mol. The first kappa shape index (κ1) is 10.0. The van der Waals surface area contributed by atoms with Crippen molar-refractivity contribution < 1.29 is 14.7 Å².